The molecule has 2 rings (SSSR count). The van der Waals surface area contributed by atoms with Gasteiger partial charge in [-0.2, -0.15) is 0 Å². The summed E-state index contributed by atoms with van der Waals surface area (Å²) in [6, 6.07) is 17.0. The summed E-state index contributed by atoms with van der Waals surface area (Å²) in [6.45, 7) is -0.144. The van der Waals surface area contributed by atoms with Crippen LogP contribution >= 0.6 is 0 Å². The van der Waals surface area contributed by atoms with Crippen LogP contribution in [0.15, 0.2) is 60.7 Å². The van der Waals surface area contributed by atoms with Crippen molar-refractivity contribution in [1.82, 2.24) is 10.2 Å². The molecule has 0 spiro atoms. The van der Waals surface area contributed by atoms with Gasteiger partial charge in [0.2, 0.25) is 5.91 Å². The van der Waals surface area contributed by atoms with Crippen LogP contribution in [-0.4, -0.2) is 43.6 Å². The number of likely N-dealkylation sites (N-methyl/N-ethyl adjacent to an activating group) is 1. The van der Waals surface area contributed by atoms with Gasteiger partial charge in [-0.15, -0.1) is 0 Å². The third kappa shape index (κ3) is 6.14. The summed E-state index contributed by atoms with van der Waals surface area (Å²) in [5.74, 6) is -1.10. The Balaban J connectivity index is 1.90. The Morgan fingerprint density at radius 2 is 1.59 bits per heavy atom. The van der Waals surface area contributed by atoms with Gasteiger partial charge in [-0.05, 0) is 11.1 Å². The molecule has 0 radical (unpaired) electrons. The maximum absolute atomic E-state index is 12.3. The second-order valence-corrected chi connectivity index (χ2v) is 5.83. The van der Waals surface area contributed by atoms with Crippen molar-refractivity contribution >= 4 is 18.0 Å². The van der Waals surface area contributed by atoms with Crippen molar-refractivity contribution in [2.75, 3.05) is 20.7 Å². The van der Waals surface area contributed by atoms with Gasteiger partial charge in [-0.3, -0.25) is 4.79 Å². The third-order valence-corrected chi connectivity index (χ3v) is 3.77. The summed E-state index contributed by atoms with van der Waals surface area (Å²) in [5, 5.41) is 2.58. The summed E-state index contributed by atoms with van der Waals surface area (Å²) >= 11 is 0. The first kappa shape index (κ1) is 20.0. The quantitative estimate of drug-likeness (QED) is 0.756. The Bertz CT molecular complexity index is 764. The summed E-state index contributed by atoms with van der Waals surface area (Å²) in [5.41, 5.74) is 1.44. The molecule has 2 aromatic rings. The van der Waals surface area contributed by atoms with Crippen LogP contribution in [0.1, 0.15) is 17.2 Å². The summed E-state index contributed by atoms with van der Waals surface area (Å²) in [7, 11) is 2.69. The van der Waals surface area contributed by atoms with Crippen LogP contribution in [0.4, 0.5) is 4.79 Å². The predicted octanol–water partition coefficient (Wildman–Crippen LogP) is 2.29. The van der Waals surface area contributed by atoms with Gasteiger partial charge in [0.15, 0.2) is 6.04 Å². The fourth-order valence-corrected chi connectivity index (χ4v) is 2.36. The Labute approximate surface area is 157 Å². The first-order chi connectivity index (χ1) is 13.0. The number of carbonyl (C=O) groups excluding carboxylic acids is 3. The molecule has 0 unspecified atom stereocenters. The van der Waals surface area contributed by atoms with Crippen LogP contribution < -0.4 is 5.32 Å². The molecule has 7 nitrogen and oxygen atoms in total. The van der Waals surface area contributed by atoms with E-state index >= 15 is 0 Å². The van der Waals surface area contributed by atoms with Crippen molar-refractivity contribution in [3.8, 4) is 0 Å². The molecular weight excluding hydrogens is 348 g/mol. The minimum absolute atomic E-state index is 0.112. The van der Waals surface area contributed by atoms with Crippen LogP contribution in [0.3, 0.4) is 0 Å². The number of hydrogen-bond acceptors (Lipinski definition) is 5. The van der Waals surface area contributed by atoms with Crippen LogP contribution in [0.5, 0.6) is 0 Å². The van der Waals surface area contributed by atoms with Crippen LogP contribution in [0.2, 0.25) is 0 Å². The number of nitrogens with zero attached hydrogens (tertiary/aromatic N) is 1. The third-order valence-electron chi connectivity index (χ3n) is 3.77. The monoisotopic (exact) mass is 370 g/mol. The lowest BCUT2D eigenvalue weighted by atomic mass is 10.1. The van der Waals surface area contributed by atoms with E-state index in [1.54, 1.807) is 30.3 Å². The molecule has 0 aromatic heterocycles. The number of esters is 1. The van der Waals surface area contributed by atoms with Gasteiger partial charge in [0.25, 0.3) is 0 Å². The second-order valence-electron chi connectivity index (χ2n) is 5.83. The van der Waals surface area contributed by atoms with Gasteiger partial charge in [-0.25, -0.2) is 9.59 Å². The molecule has 0 heterocycles. The summed E-state index contributed by atoms with van der Waals surface area (Å²) in [6.07, 6.45) is -0.636. The molecule has 2 amide bonds. The molecule has 27 heavy (non-hydrogen) atoms. The van der Waals surface area contributed by atoms with E-state index in [1.165, 1.54) is 14.2 Å². The zero-order chi connectivity index (χ0) is 19.6. The number of benzene rings is 2. The van der Waals surface area contributed by atoms with Crippen LogP contribution in [-0.2, 0) is 25.7 Å². The van der Waals surface area contributed by atoms with Crippen molar-refractivity contribution < 1.29 is 23.9 Å². The molecule has 0 fully saturated rings. The number of hydrogen-bond donors (Lipinski definition) is 1. The lowest BCUT2D eigenvalue weighted by Gasteiger charge is -2.20. The van der Waals surface area contributed by atoms with Gasteiger partial charge < -0.3 is 19.7 Å². The topological polar surface area (TPSA) is 84.9 Å². The Hall–Kier alpha value is -3.35. The lowest BCUT2D eigenvalue weighted by Crippen LogP contribution is -2.42. The maximum atomic E-state index is 12.3. The number of rotatable bonds is 7. The number of ether oxygens (including phenoxy) is 2. The van der Waals surface area contributed by atoms with Gasteiger partial charge >= 0.3 is 12.1 Å². The van der Waals surface area contributed by atoms with E-state index < -0.39 is 24.0 Å². The summed E-state index contributed by atoms with van der Waals surface area (Å²) < 4.78 is 9.91. The fraction of sp³-hybridized carbons (Fsp3) is 0.250. The Morgan fingerprint density at radius 1 is 1.00 bits per heavy atom. The van der Waals surface area contributed by atoms with Gasteiger partial charge in [0.05, 0.1) is 7.11 Å². The van der Waals surface area contributed by atoms with Crippen molar-refractivity contribution in [3.63, 3.8) is 0 Å². The predicted molar refractivity (Wildman–Crippen MR) is 98.6 cm³/mol. The first-order valence-corrected chi connectivity index (χ1v) is 8.35. The highest BCUT2D eigenvalue weighted by Crippen LogP contribution is 2.14. The van der Waals surface area contributed by atoms with E-state index in [1.807, 2.05) is 30.3 Å². The minimum atomic E-state index is -0.947. The van der Waals surface area contributed by atoms with Crippen molar-refractivity contribution in [2.24, 2.45) is 0 Å². The van der Waals surface area contributed by atoms with Crippen molar-refractivity contribution in [2.45, 2.75) is 12.6 Å². The average molecular weight is 370 g/mol. The number of methoxy groups -OCH3 is 1. The fourth-order valence-electron chi connectivity index (χ4n) is 2.36. The molecule has 1 N–H and O–H groups in total. The van der Waals surface area contributed by atoms with Crippen molar-refractivity contribution in [1.29, 1.82) is 0 Å². The smallest absolute Gasteiger partial charge is 0.410 e. The van der Waals surface area contributed by atoms with Gasteiger partial charge in [0, 0.05) is 7.05 Å². The SMILES string of the molecule is COC(=O)[C@@H](NC(=O)CN(C)C(=O)OCc1ccccc1)c1ccccc1. The zero-order valence-electron chi connectivity index (χ0n) is 15.3. The minimum Gasteiger partial charge on any atom is -0.467 e. The molecule has 0 aliphatic rings. The lowest BCUT2D eigenvalue weighted by molar-refractivity contribution is -0.145. The molecule has 0 aliphatic heterocycles. The Morgan fingerprint density at radius 3 is 2.19 bits per heavy atom. The molecule has 142 valence electrons. The molecule has 0 saturated carbocycles. The van der Waals surface area contributed by atoms with Crippen LogP contribution in [0, 0.1) is 0 Å². The van der Waals surface area contributed by atoms with Crippen LogP contribution in [0.25, 0.3) is 0 Å². The summed E-state index contributed by atoms with van der Waals surface area (Å²) in [4.78, 5) is 37.4. The normalized spacial score (nSPS) is 11.2. The van der Waals surface area contributed by atoms with E-state index in [-0.39, 0.29) is 13.2 Å². The zero-order valence-corrected chi connectivity index (χ0v) is 15.3. The largest absolute Gasteiger partial charge is 0.467 e. The van der Waals surface area contributed by atoms with Gasteiger partial charge in [-0.1, -0.05) is 60.7 Å². The molecule has 2 aromatic carbocycles. The molecule has 7 heteroatoms. The molecule has 0 bridgehead atoms. The second kappa shape index (κ2) is 9.96. The highest BCUT2D eigenvalue weighted by molar-refractivity contribution is 5.87. The molecular formula is C20H22N2O5. The number of amides is 2. The average Bonchev–Trinajstić information content (AvgIpc) is 2.71. The Kier molecular flexibility index (Phi) is 7.37. The van der Waals surface area contributed by atoms with Gasteiger partial charge in [0.1, 0.15) is 13.2 Å². The maximum Gasteiger partial charge on any atom is 0.410 e. The van der Waals surface area contributed by atoms with E-state index in [9.17, 15) is 14.4 Å². The highest BCUT2D eigenvalue weighted by atomic mass is 16.6. The molecule has 0 saturated heterocycles. The van der Waals surface area contributed by atoms with E-state index in [4.69, 9.17) is 9.47 Å². The molecule has 1 atom stereocenters. The number of carbonyl (C=O) groups is 3. The standard InChI is InChI=1S/C20H22N2O5/c1-22(20(25)27-14-15-9-5-3-6-10-15)13-17(23)21-18(19(24)26-2)16-11-7-4-8-12-16/h3-12,18H,13-14H2,1-2H3,(H,21,23)/t18-/m0/s1. The van der Waals surface area contributed by atoms with E-state index in [2.05, 4.69) is 5.32 Å². The van der Waals surface area contributed by atoms with Crippen molar-refractivity contribution in [3.05, 3.63) is 71.8 Å². The molecule has 0 aliphatic carbocycles. The number of nitrogens with one attached hydrogen (secondary N) is 1. The van der Waals surface area contributed by atoms with E-state index in [0.29, 0.717) is 5.56 Å². The highest BCUT2D eigenvalue weighted by Gasteiger charge is 2.24. The first-order valence-electron chi connectivity index (χ1n) is 8.35. The van der Waals surface area contributed by atoms with E-state index in [0.717, 1.165) is 10.5 Å².